The van der Waals surface area contributed by atoms with E-state index in [0.717, 1.165) is 18.2 Å². The smallest absolute Gasteiger partial charge is 0.299 e. The van der Waals surface area contributed by atoms with Gasteiger partial charge in [-0.2, -0.15) is 13.2 Å². The molecule has 1 rings (SSSR count). The maximum absolute atomic E-state index is 12.4. The molecule has 0 amide bonds. The summed E-state index contributed by atoms with van der Waals surface area (Å²) in [6, 6.07) is 3.65. The quantitative estimate of drug-likeness (QED) is 0.545. The van der Waals surface area contributed by atoms with Crippen LogP contribution in [0.5, 0.6) is 0 Å². The zero-order valence-electron chi connectivity index (χ0n) is 8.01. The summed E-state index contributed by atoms with van der Waals surface area (Å²) in [5.74, 6) is 0. The molecular formula is C11H9F3O. The molecule has 4 heteroatoms. The molecule has 0 spiro atoms. The number of carbonyl (C=O) groups is 1. The van der Waals surface area contributed by atoms with Gasteiger partial charge in [0.15, 0.2) is 0 Å². The normalized spacial score (nSPS) is 12.0. The number of halogens is 3. The molecule has 0 unspecified atom stereocenters. The van der Waals surface area contributed by atoms with E-state index in [1.807, 2.05) is 0 Å². The molecule has 0 fully saturated rings. The second-order valence-corrected chi connectivity index (χ2v) is 3.13. The Morgan fingerprint density at radius 2 is 1.87 bits per heavy atom. The van der Waals surface area contributed by atoms with Gasteiger partial charge in [0.2, 0.25) is 0 Å². The number of alkyl halides is 3. The maximum Gasteiger partial charge on any atom is 0.416 e. The molecule has 0 atom stereocenters. The zero-order chi connectivity index (χ0) is 11.5. The molecule has 0 aliphatic carbocycles. The van der Waals surface area contributed by atoms with Crippen molar-refractivity contribution in [3.05, 3.63) is 41.0 Å². The number of hydrogen-bond acceptors (Lipinski definition) is 1. The highest BCUT2D eigenvalue weighted by molar-refractivity contribution is 5.74. The number of benzene rings is 1. The van der Waals surface area contributed by atoms with Crippen molar-refractivity contribution in [2.75, 3.05) is 0 Å². The summed E-state index contributed by atoms with van der Waals surface area (Å²) in [4.78, 5) is 10.0. The van der Waals surface area contributed by atoms with Crippen molar-refractivity contribution in [1.29, 1.82) is 0 Å². The topological polar surface area (TPSA) is 17.1 Å². The van der Waals surface area contributed by atoms with E-state index in [2.05, 4.69) is 0 Å². The summed E-state index contributed by atoms with van der Waals surface area (Å²) < 4.78 is 37.1. The van der Waals surface area contributed by atoms with Crippen molar-refractivity contribution in [3.63, 3.8) is 0 Å². The van der Waals surface area contributed by atoms with Crippen LogP contribution < -0.4 is 0 Å². The van der Waals surface area contributed by atoms with E-state index < -0.39 is 11.7 Å². The first kappa shape index (κ1) is 11.5. The fraction of sp³-hybridized carbons (Fsp3) is 0.182. The number of aldehydes is 1. The second-order valence-electron chi connectivity index (χ2n) is 3.13. The van der Waals surface area contributed by atoms with Gasteiger partial charge in [-0.1, -0.05) is 12.1 Å². The standard InChI is InChI=1S/C11H9F3O/c1-8-5-9(3-2-4-15)7-10(6-8)11(12,13)14/h2-7H,1H3/b3-2+. The average Bonchev–Trinajstić information content (AvgIpc) is 2.12. The van der Waals surface area contributed by atoms with E-state index in [9.17, 15) is 18.0 Å². The average molecular weight is 214 g/mol. The molecule has 0 saturated heterocycles. The lowest BCUT2D eigenvalue weighted by molar-refractivity contribution is -0.137. The number of rotatable bonds is 2. The third-order valence-electron chi connectivity index (χ3n) is 1.79. The monoisotopic (exact) mass is 214 g/mol. The minimum atomic E-state index is -4.35. The molecule has 1 nitrogen and oxygen atoms in total. The van der Waals surface area contributed by atoms with Crippen molar-refractivity contribution in [1.82, 2.24) is 0 Å². The largest absolute Gasteiger partial charge is 0.416 e. The van der Waals surface area contributed by atoms with Crippen molar-refractivity contribution >= 4 is 12.4 Å². The van der Waals surface area contributed by atoms with Crippen LogP contribution in [-0.4, -0.2) is 6.29 Å². The molecule has 0 bridgehead atoms. The van der Waals surface area contributed by atoms with Gasteiger partial charge in [0.1, 0.15) is 6.29 Å². The van der Waals surface area contributed by atoms with Crippen molar-refractivity contribution in [3.8, 4) is 0 Å². The van der Waals surface area contributed by atoms with Crippen LogP contribution in [0.2, 0.25) is 0 Å². The number of carbonyl (C=O) groups excluding carboxylic acids is 1. The van der Waals surface area contributed by atoms with Gasteiger partial charge in [0.25, 0.3) is 0 Å². The van der Waals surface area contributed by atoms with Gasteiger partial charge >= 0.3 is 6.18 Å². The van der Waals surface area contributed by atoms with Crippen LogP contribution in [0.3, 0.4) is 0 Å². The van der Waals surface area contributed by atoms with E-state index in [-0.39, 0.29) is 0 Å². The minimum Gasteiger partial charge on any atom is -0.299 e. The Morgan fingerprint density at radius 1 is 1.20 bits per heavy atom. The Hall–Kier alpha value is -1.58. The molecule has 0 aliphatic heterocycles. The summed E-state index contributed by atoms with van der Waals surface area (Å²) >= 11 is 0. The lowest BCUT2D eigenvalue weighted by atomic mass is 10.1. The first-order valence-electron chi connectivity index (χ1n) is 4.24. The molecule has 0 aliphatic rings. The Morgan fingerprint density at radius 3 is 2.40 bits per heavy atom. The SMILES string of the molecule is Cc1cc(/C=C/C=O)cc(C(F)(F)F)c1. The lowest BCUT2D eigenvalue weighted by Gasteiger charge is -2.08. The van der Waals surface area contributed by atoms with Crippen LogP contribution in [-0.2, 0) is 11.0 Å². The van der Waals surface area contributed by atoms with E-state index in [1.54, 1.807) is 13.0 Å². The molecule has 0 radical (unpaired) electrons. The molecule has 1 aromatic rings. The molecule has 0 aromatic heterocycles. The molecule has 80 valence electrons. The van der Waals surface area contributed by atoms with E-state index in [4.69, 9.17) is 0 Å². The Balaban J connectivity index is 3.16. The van der Waals surface area contributed by atoms with Crippen LogP contribution in [0, 0.1) is 6.92 Å². The summed E-state index contributed by atoms with van der Waals surface area (Å²) in [6.07, 6.45) is -1.32. The lowest BCUT2D eigenvalue weighted by Crippen LogP contribution is -2.05. The molecular weight excluding hydrogens is 205 g/mol. The zero-order valence-corrected chi connectivity index (χ0v) is 8.01. The Bertz CT molecular complexity index is 391. The first-order chi connectivity index (χ1) is 6.93. The molecule has 0 heterocycles. The molecule has 0 N–H and O–H groups in total. The van der Waals surface area contributed by atoms with Gasteiger partial charge in [0, 0.05) is 0 Å². The maximum atomic E-state index is 12.4. The highest BCUT2D eigenvalue weighted by Gasteiger charge is 2.30. The van der Waals surface area contributed by atoms with E-state index in [0.29, 0.717) is 17.4 Å². The van der Waals surface area contributed by atoms with Crippen LogP contribution in [0.25, 0.3) is 6.08 Å². The van der Waals surface area contributed by atoms with Gasteiger partial charge in [-0.25, -0.2) is 0 Å². The first-order valence-corrected chi connectivity index (χ1v) is 4.24. The summed E-state index contributed by atoms with van der Waals surface area (Å²) in [5.41, 5.74) is 0.179. The fourth-order valence-corrected chi connectivity index (χ4v) is 1.22. The van der Waals surface area contributed by atoms with Crippen LogP contribution in [0.15, 0.2) is 24.3 Å². The summed E-state index contributed by atoms with van der Waals surface area (Å²) in [7, 11) is 0. The highest BCUT2D eigenvalue weighted by Crippen LogP contribution is 2.30. The fourth-order valence-electron chi connectivity index (χ4n) is 1.22. The van der Waals surface area contributed by atoms with Crippen LogP contribution >= 0.6 is 0 Å². The molecule has 0 saturated carbocycles. The third-order valence-corrected chi connectivity index (χ3v) is 1.79. The van der Waals surface area contributed by atoms with Crippen molar-refractivity contribution in [2.24, 2.45) is 0 Å². The van der Waals surface area contributed by atoms with Crippen molar-refractivity contribution in [2.45, 2.75) is 13.1 Å². The van der Waals surface area contributed by atoms with Gasteiger partial charge < -0.3 is 0 Å². The summed E-state index contributed by atoms with van der Waals surface area (Å²) in [6.45, 7) is 1.58. The van der Waals surface area contributed by atoms with E-state index in [1.165, 1.54) is 6.08 Å². The summed E-state index contributed by atoms with van der Waals surface area (Å²) in [5, 5.41) is 0. The highest BCUT2D eigenvalue weighted by atomic mass is 19.4. The minimum absolute atomic E-state index is 0.370. The number of aryl methyl sites for hydroxylation is 1. The molecule has 15 heavy (non-hydrogen) atoms. The predicted octanol–water partition coefficient (Wildman–Crippen LogP) is 3.23. The van der Waals surface area contributed by atoms with Crippen molar-refractivity contribution < 1.29 is 18.0 Å². The predicted molar refractivity (Wildman–Crippen MR) is 51.3 cm³/mol. The van der Waals surface area contributed by atoms with E-state index >= 15 is 0 Å². The van der Waals surface area contributed by atoms with Gasteiger partial charge in [-0.05, 0) is 36.3 Å². The Labute approximate surface area is 85.2 Å². The van der Waals surface area contributed by atoms with Gasteiger partial charge in [0.05, 0.1) is 5.56 Å². The molecule has 1 aromatic carbocycles. The number of allylic oxidation sites excluding steroid dienone is 1. The second kappa shape index (κ2) is 4.29. The van der Waals surface area contributed by atoms with Gasteiger partial charge in [-0.15, -0.1) is 0 Å². The third kappa shape index (κ3) is 3.23. The van der Waals surface area contributed by atoms with Crippen LogP contribution in [0.4, 0.5) is 13.2 Å². The number of hydrogen-bond donors (Lipinski definition) is 0. The van der Waals surface area contributed by atoms with Crippen LogP contribution in [0.1, 0.15) is 16.7 Å². The Kier molecular flexibility index (Phi) is 3.29. The van der Waals surface area contributed by atoms with Gasteiger partial charge in [-0.3, -0.25) is 4.79 Å².